The van der Waals surface area contributed by atoms with Crippen molar-refractivity contribution in [3.8, 4) is 5.69 Å². The van der Waals surface area contributed by atoms with E-state index in [1.165, 1.54) is 4.57 Å². The van der Waals surface area contributed by atoms with Gasteiger partial charge in [-0.15, -0.1) is 0 Å². The van der Waals surface area contributed by atoms with Crippen molar-refractivity contribution in [2.75, 3.05) is 0 Å². The van der Waals surface area contributed by atoms with Crippen molar-refractivity contribution in [1.82, 2.24) is 14.5 Å². The van der Waals surface area contributed by atoms with Gasteiger partial charge in [0.1, 0.15) is 0 Å². The van der Waals surface area contributed by atoms with Crippen molar-refractivity contribution >= 4 is 16.8 Å². The van der Waals surface area contributed by atoms with E-state index in [1.807, 2.05) is 81.4 Å². The molecule has 0 fully saturated rings. The minimum absolute atomic E-state index is 0.125. The first-order valence-corrected chi connectivity index (χ1v) is 12.6. The first kappa shape index (κ1) is 25.0. The summed E-state index contributed by atoms with van der Waals surface area (Å²) in [6.45, 7) is 6.16. The number of fused-ring (bicyclic) bond motifs is 1. The number of hydrogen-bond donors (Lipinski definition) is 1. The van der Waals surface area contributed by atoms with E-state index in [9.17, 15) is 14.4 Å². The van der Waals surface area contributed by atoms with Gasteiger partial charge in [-0.2, -0.15) is 0 Å². The summed E-state index contributed by atoms with van der Waals surface area (Å²) in [6, 6.07) is 29.6. The van der Waals surface area contributed by atoms with Crippen LogP contribution in [0.5, 0.6) is 0 Å². The Morgan fingerprint density at radius 1 is 0.816 bits per heavy atom. The number of aromatic nitrogens is 2. The molecule has 1 amide bonds. The van der Waals surface area contributed by atoms with E-state index in [1.54, 1.807) is 41.0 Å². The Kier molecular flexibility index (Phi) is 6.79. The standard InChI is InChI=1S/C32H29N3O3/c1-21-13-18-27(19-22(21)2)35-31(37)28-11-7-8-12-29(28)34(32(35)38)20-24-14-16-26(17-15-24)30(36)33-23(3)25-9-5-4-6-10-25/h4-19,23H,20H2,1-3H3,(H,33,36)/t23-/m1/s1. The highest BCUT2D eigenvalue weighted by atomic mass is 16.2. The van der Waals surface area contributed by atoms with Gasteiger partial charge in [-0.05, 0) is 79.4 Å². The highest BCUT2D eigenvalue weighted by Gasteiger charge is 2.16. The number of carbonyl (C=O) groups is 1. The molecule has 0 saturated carbocycles. The second kappa shape index (κ2) is 10.3. The summed E-state index contributed by atoms with van der Waals surface area (Å²) in [4.78, 5) is 39.9. The van der Waals surface area contributed by atoms with Gasteiger partial charge in [0.15, 0.2) is 0 Å². The first-order valence-electron chi connectivity index (χ1n) is 12.6. The molecule has 1 heterocycles. The molecule has 0 radical (unpaired) electrons. The molecule has 5 aromatic rings. The summed E-state index contributed by atoms with van der Waals surface area (Å²) in [5.41, 5.74) is 4.86. The molecule has 1 atom stereocenters. The monoisotopic (exact) mass is 503 g/mol. The van der Waals surface area contributed by atoms with Crippen molar-refractivity contribution in [3.63, 3.8) is 0 Å². The number of nitrogens with zero attached hydrogens (tertiary/aromatic N) is 2. The summed E-state index contributed by atoms with van der Waals surface area (Å²) in [7, 11) is 0. The SMILES string of the molecule is Cc1ccc(-n2c(=O)c3ccccc3n(Cc3ccc(C(=O)N[C@H](C)c4ccccc4)cc3)c2=O)cc1C. The van der Waals surface area contributed by atoms with Gasteiger partial charge in [0.05, 0.1) is 29.2 Å². The average Bonchev–Trinajstić information content (AvgIpc) is 2.94. The number of para-hydroxylation sites is 1. The van der Waals surface area contributed by atoms with E-state index >= 15 is 0 Å². The maximum Gasteiger partial charge on any atom is 0.336 e. The average molecular weight is 504 g/mol. The fourth-order valence-electron chi connectivity index (χ4n) is 4.62. The van der Waals surface area contributed by atoms with Crippen LogP contribution in [0.2, 0.25) is 0 Å². The molecular weight excluding hydrogens is 474 g/mol. The third-order valence-corrected chi connectivity index (χ3v) is 7.00. The van der Waals surface area contributed by atoms with Crippen LogP contribution in [0.4, 0.5) is 0 Å². The molecule has 5 rings (SSSR count). The highest BCUT2D eigenvalue weighted by molar-refractivity contribution is 5.94. The molecule has 1 N–H and O–H groups in total. The molecule has 4 aromatic carbocycles. The Bertz CT molecular complexity index is 1750. The first-order chi connectivity index (χ1) is 18.3. The van der Waals surface area contributed by atoms with Gasteiger partial charge >= 0.3 is 5.69 Å². The van der Waals surface area contributed by atoms with Gasteiger partial charge in [0, 0.05) is 5.56 Å². The molecule has 0 bridgehead atoms. The summed E-state index contributed by atoms with van der Waals surface area (Å²) in [6.07, 6.45) is 0. The third kappa shape index (κ3) is 4.81. The highest BCUT2D eigenvalue weighted by Crippen LogP contribution is 2.16. The van der Waals surface area contributed by atoms with Crippen molar-refractivity contribution in [2.45, 2.75) is 33.4 Å². The maximum atomic E-state index is 13.7. The van der Waals surface area contributed by atoms with E-state index < -0.39 is 5.69 Å². The molecule has 0 spiro atoms. The molecule has 6 nitrogen and oxygen atoms in total. The number of benzene rings is 4. The number of carbonyl (C=O) groups excluding carboxylic acids is 1. The van der Waals surface area contributed by atoms with Crippen LogP contribution in [-0.2, 0) is 6.54 Å². The van der Waals surface area contributed by atoms with E-state index in [2.05, 4.69) is 5.32 Å². The normalized spacial score (nSPS) is 11.9. The van der Waals surface area contributed by atoms with Gasteiger partial charge in [-0.1, -0.05) is 60.7 Å². The fourth-order valence-corrected chi connectivity index (χ4v) is 4.62. The van der Waals surface area contributed by atoms with E-state index in [0.29, 0.717) is 22.2 Å². The molecule has 0 aliphatic heterocycles. The molecule has 1 aromatic heterocycles. The molecule has 0 unspecified atom stereocenters. The minimum Gasteiger partial charge on any atom is -0.346 e. The fraction of sp³-hybridized carbons (Fsp3) is 0.156. The third-order valence-electron chi connectivity index (χ3n) is 7.00. The summed E-state index contributed by atoms with van der Waals surface area (Å²) < 4.78 is 2.85. The number of hydrogen-bond acceptors (Lipinski definition) is 3. The van der Waals surface area contributed by atoms with Gasteiger partial charge in [-0.3, -0.25) is 14.2 Å². The second-order valence-corrected chi connectivity index (χ2v) is 9.60. The zero-order valence-corrected chi connectivity index (χ0v) is 21.6. The molecule has 0 aliphatic carbocycles. The van der Waals surface area contributed by atoms with Crippen molar-refractivity contribution in [1.29, 1.82) is 0 Å². The van der Waals surface area contributed by atoms with Gasteiger partial charge in [-0.25, -0.2) is 9.36 Å². The minimum atomic E-state index is -0.407. The predicted octanol–water partition coefficient (Wildman–Crippen LogP) is 5.31. The van der Waals surface area contributed by atoms with Crippen LogP contribution in [0.15, 0.2) is 107 Å². The zero-order valence-electron chi connectivity index (χ0n) is 21.6. The Labute approximate surface area is 220 Å². The second-order valence-electron chi connectivity index (χ2n) is 9.60. The molecular formula is C32H29N3O3. The topological polar surface area (TPSA) is 73.1 Å². The van der Waals surface area contributed by atoms with Crippen LogP contribution in [-0.4, -0.2) is 15.0 Å². The van der Waals surface area contributed by atoms with E-state index in [4.69, 9.17) is 0 Å². The lowest BCUT2D eigenvalue weighted by Gasteiger charge is -2.16. The lowest BCUT2D eigenvalue weighted by molar-refractivity contribution is 0.0940. The molecule has 38 heavy (non-hydrogen) atoms. The Morgan fingerprint density at radius 2 is 1.50 bits per heavy atom. The van der Waals surface area contributed by atoms with Crippen LogP contribution < -0.4 is 16.6 Å². The van der Waals surface area contributed by atoms with Crippen molar-refractivity contribution in [2.24, 2.45) is 0 Å². The lowest BCUT2D eigenvalue weighted by atomic mass is 10.1. The number of rotatable bonds is 6. The maximum absolute atomic E-state index is 13.7. The van der Waals surface area contributed by atoms with E-state index in [0.717, 1.165) is 22.3 Å². The quantitative estimate of drug-likeness (QED) is 0.341. The molecule has 0 aliphatic rings. The number of aryl methyl sites for hydroxylation is 2. The van der Waals surface area contributed by atoms with E-state index in [-0.39, 0.29) is 24.1 Å². The zero-order chi connectivity index (χ0) is 26.8. The van der Waals surface area contributed by atoms with Crippen molar-refractivity contribution in [3.05, 3.63) is 146 Å². The predicted molar refractivity (Wildman–Crippen MR) is 151 cm³/mol. The summed E-state index contributed by atoms with van der Waals surface area (Å²) >= 11 is 0. The van der Waals surface area contributed by atoms with Gasteiger partial charge in [0.25, 0.3) is 11.5 Å². The van der Waals surface area contributed by atoms with Gasteiger partial charge in [0.2, 0.25) is 0 Å². The van der Waals surface area contributed by atoms with Crippen LogP contribution in [0.25, 0.3) is 16.6 Å². The van der Waals surface area contributed by atoms with Crippen LogP contribution in [0, 0.1) is 13.8 Å². The summed E-state index contributed by atoms with van der Waals surface area (Å²) in [5, 5.41) is 3.49. The van der Waals surface area contributed by atoms with Crippen LogP contribution in [0.3, 0.4) is 0 Å². The Morgan fingerprint density at radius 3 is 2.21 bits per heavy atom. The lowest BCUT2D eigenvalue weighted by Crippen LogP contribution is -2.39. The Hall–Kier alpha value is -4.71. The summed E-state index contributed by atoms with van der Waals surface area (Å²) in [5.74, 6) is -0.168. The number of amides is 1. The van der Waals surface area contributed by atoms with Crippen molar-refractivity contribution < 1.29 is 4.79 Å². The van der Waals surface area contributed by atoms with Crippen LogP contribution in [0.1, 0.15) is 45.6 Å². The van der Waals surface area contributed by atoms with Crippen LogP contribution >= 0.6 is 0 Å². The number of nitrogens with one attached hydrogen (secondary N) is 1. The molecule has 6 heteroatoms. The molecule has 0 saturated heterocycles. The molecule has 190 valence electrons. The Balaban J connectivity index is 1.48. The largest absolute Gasteiger partial charge is 0.346 e. The smallest absolute Gasteiger partial charge is 0.336 e. The van der Waals surface area contributed by atoms with Gasteiger partial charge < -0.3 is 5.32 Å².